The van der Waals surface area contributed by atoms with Crippen LogP contribution in [-0.2, 0) is 14.3 Å². The summed E-state index contributed by atoms with van der Waals surface area (Å²) in [5.74, 6) is -2.03. The number of rotatable bonds is 4. The van der Waals surface area contributed by atoms with Crippen molar-refractivity contribution < 1.29 is 34.0 Å². The van der Waals surface area contributed by atoms with Crippen molar-refractivity contribution in [1.82, 2.24) is 4.98 Å². The molecule has 8 heteroatoms. The van der Waals surface area contributed by atoms with E-state index in [0.29, 0.717) is 0 Å². The molecular formula is C14H21NO7. The first-order valence-electron chi connectivity index (χ1n) is 6.71. The number of hydrogen-bond donors (Lipinski definition) is 3. The van der Waals surface area contributed by atoms with Crippen molar-refractivity contribution in [3.8, 4) is 17.5 Å². The molecule has 1 atom stereocenters. The van der Waals surface area contributed by atoms with E-state index in [1.165, 1.54) is 0 Å². The maximum absolute atomic E-state index is 11.8. The van der Waals surface area contributed by atoms with Crippen LogP contribution in [0, 0.1) is 11.3 Å². The van der Waals surface area contributed by atoms with Crippen molar-refractivity contribution in [2.45, 2.75) is 40.9 Å². The van der Waals surface area contributed by atoms with Gasteiger partial charge in [0.05, 0.1) is 5.41 Å². The van der Waals surface area contributed by atoms with E-state index >= 15 is 0 Å². The zero-order valence-corrected chi connectivity index (χ0v) is 13.2. The Labute approximate surface area is 128 Å². The lowest BCUT2D eigenvalue weighted by Crippen LogP contribution is -2.34. The van der Waals surface area contributed by atoms with E-state index in [1.54, 1.807) is 34.6 Å². The standard InChI is InChI=1S/C14H21NO7/c1-7(2)11(21-12(18)14(3,4)5)22-13(19)20-8-6-9(16)15-10(8)17/h6-7,11,15-17H,1-5H3. The van der Waals surface area contributed by atoms with Gasteiger partial charge in [-0.15, -0.1) is 0 Å². The number of esters is 1. The number of carbonyl (C=O) groups excluding carboxylic acids is 2. The molecule has 0 aliphatic carbocycles. The summed E-state index contributed by atoms with van der Waals surface area (Å²) in [4.78, 5) is 25.7. The summed E-state index contributed by atoms with van der Waals surface area (Å²) in [6.07, 6.45) is -2.30. The topological polar surface area (TPSA) is 118 Å². The van der Waals surface area contributed by atoms with Crippen LogP contribution in [0.4, 0.5) is 4.79 Å². The Morgan fingerprint density at radius 3 is 2.18 bits per heavy atom. The van der Waals surface area contributed by atoms with E-state index in [9.17, 15) is 14.7 Å². The van der Waals surface area contributed by atoms with Gasteiger partial charge in [-0.25, -0.2) is 4.79 Å². The van der Waals surface area contributed by atoms with Gasteiger partial charge in [-0.3, -0.25) is 9.78 Å². The number of ether oxygens (including phenoxy) is 3. The SMILES string of the molecule is CC(C)C(OC(=O)Oc1cc(O)[nH]c1O)OC(=O)C(C)(C)C. The van der Waals surface area contributed by atoms with Gasteiger partial charge in [-0.2, -0.15) is 0 Å². The highest BCUT2D eigenvalue weighted by Crippen LogP contribution is 2.30. The number of aromatic amines is 1. The largest absolute Gasteiger partial charge is 0.517 e. The Kier molecular flexibility index (Phi) is 5.29. The van der Waals surface area contributed by atoms with Gasteiger partial charge in [0, 0.05) is 12.0 Å². The van der Waals surface area contributed by atoms with E-state index in [1.807, 2.05) is 0 Å². The summed E-state index contributed by atoms with van der Waals surface area (Å²) in [5, 5.41) is 18.5. The molecule has 0 amide bonds. The van der Waals surface area contributed by atoms with Gasteiger partial charge in [0.1, 0.15) is 0 Å². The van der Waals surface area contributed by atoms with Crippen molar-refractivity contribution in [2.24, 2.45) is 11.3 Å². The van der Waals surface area contributed by atoms with Crippen molar-refractivity contribution in [1.29, 1.82) is 0 Å². The predicted octanol–water partition coefficient (Wildman–Crippen LogP) is 2.51. The second kappa shape index (κ2) is 6.59. The molecule has 0 fully saturated rings. The van der Waals surface area contributed by atoms with Gasteiger partial charge in [-0.1, -0.05) is 13.8 Å². The molecule has 3 N–H and O–H groups in total. The van der Waals surface area contributed by atoms with Crippen LogP contribution in [-0.4, -0.2) is 33.6 Å². The lowest BCUT2D eigenvalue weighted by Gasteiger charge is -2.25. The minimum Gasteiger partial charge on any atom is -0.494 e. The molecule has 0 aromatic carbocycles. The minimum atomic E-state index is -1.17. The van der Waals surface area contributed by atoms with E-state index in [-0.39, 0.29) is 17.5 Å². The first kappa shape index (κ1) is 17.7. The van der Waals surface area contributed by atoms with Crippen LogP contribution in [0.2, 0.25) is 0 Å². The second-order valence-corrected chi connectivity index (χ2v) is 6.11. The molecule has 0 aliphatic heterocycles. The molecule has 124 valence electrons. The van der Waals surface area contributed by atoms with Gasteiger partial charge in [0.2, 0.25) is 5.88 Å². The van der Waals surface area contributed by atoms with Crippen LogP contribution >= 0.6 is 0 Å². The Morgan fingerprint density at radius 1 is 1.18 bits per heavy atom. The molecule has 1 aromatic rings. The smallest absolute Gasteiger partial charge is 0.494 e. The van der Waals surface area contributed by atoms with Gasteiger partial charge in [0.15, 0.2) is 11.6 Å². The molecule has 0 bridgehead atoms. The summed E-state index contributed by atoms with van der Waals surface area (Å²) in [6.45, 7) is 8.42. The fraction of sp³-hybridized carbons (Fsp3) is 0.571. The lowest BCUT2D eigenvalue weighted by molar-refractivity contribution is -0.186. The molecule has 1 rings (SSSR count). The van der Waals surface area contributed by atoms with Crippen LogP contribution in [0.1, 0.15) is 34.6 Å². The van der Waals surface area contributed by atoms with Crippen molar-refractivity contribution in [2.75, 3.05) is 0 Å². The van der Waals surface area contributed by atoms with E-state index in [0.717, 1.165) is 6.07 Å². The number of hydrogen-bond acceptors (Lipinski definition) is 7. The second-order valence-electron chi connectivity index (χ2n) is 6.11. The van der Waals surface area contributed by atoms with Crippen LogP contribution < -0.4 is 4.74 Å². The van der Waals surface area contributed by atoms with Crippen molar-refractivity contribution in [3.63, 3.8) is 0 Å². The monoisotopic (exact) mass is 315 g/mol. The molecule has 1 heterocycles. The fourth-order valence-electron chi connectivity index (χ4n) is 1.28. The van der Waals surface area contributed by atoms with Gasteiger partial charge >= 0.3 is 12.1 Å². The van der Waals surface area contributed by atoms with Gasteiger partial charge in [0.25, 0.3) is 6.29 Å². The quantitative estimate of drug-likeness (QED) is 0.577. The zero-order chi connectivity index (χ0) is 17.1. The lowest BCUT2D eigenvalue weighted by atomic mass is 9.97. The predicted molar refractivity (Wildman–Crippen MR) is 75.4 cm³/mol. The highest BCUT2D eigenvalue weighted by Gasteiger charge is 2.30. The third-order valence-electron chi connectivity index (χ3n) is 2.53. The highest BCUT2D eigenvalue weighted by atomic mass is 16.8. The van der Waals surface area contributed by atoms with E-state index in [2.05, 4.69) is 4.98 Å². The van der Waals surface area contributed by atoms with Crippen LogP contribution in [0.25, 0.3) is 0 Å². The summed E-state index contributed by atoms with van der Waals surface area (Å²) in [7, 11) is 0. The number of H-pyrrole nitrogens is 1. The summed E-state index contributed by atoms with van der Waals surface area (Å²) in [6, 6.07) is 1.00. The normalized spacial score (nSPS) is 12.8. The Hall–Kier alpha value is -2.38. The third-order valence-corrected chi connectivity index (χ3v) is 2.53. The first-order chi connectivity index (χ1) is 10.0. The summed E-state index contributed by atoms with van der Waals surface area (Å²) in [5.41, 5.74) is -0.745. The third kappa shape index (κ3) is 4.87. The Morgan fingerprint density at radius 2 is 1.77 bits per heavy atom. The molecule has 0 saturated carbocycles. The Bertz CT molecular complexity index is 542. The van der Waals surface area contributed by atoms with E-state index in [4.69, 9.17) is 19.3 Å². The molecule has 8 nitrogen and oxygen atoms in total. The molecule has 0 spiro atoms. The molecule has 1 unspecified atom stereocenters. The maximum Gasteiger partial charge on any atom is 0.517 e. The molecule has 0 saturated heterocycles. The number of carbonyl (C=O) groups is 2. The molecule has 22 heavy (non-hydrogen) atoms. The Balaban J connectivity index is 2.69. The average Bonchev–Trinajstić information content (AvgIpc) is 2.65. The summed E-state index contributed by atoms with van der Waals surface area (Å²) < 4.78 is 14.8. The van der Waals surface area contributed by atoms with Crippen LogP contribution in [0.3, 0.4) is 0 Å². The first-order valence-corrected chi connectivity index (χ1v) is 6.71. The summed E-state index contributed by atoms with van der Waals surface area (Å²) >= 11 is 0. The van der Waals surface area contributed by atoms with Gasteiger partial charge < -0.3 is 24.4 Å². The van der Waals surface area contributed by atoms with Crippen LogP contribution in [0.15, 0.2) is 6.07 Å². The fourth-order valence-corrected chi connectivity index (χ4v) is 1.28. The molecule has 0 aliphatic rings. The average molecular weight is 315 g/mol. The maximum atomic E-state index is 11.8. The van der Waals surface area contributed by atoms with Crippen molar-refractivity contribution in [3.05, 3.63) is 6.07 Å². The van der Waals surface area contributed by atoms with Crippen molar-refractivity contribution >= 4 is 12.1 Å². The molecule has 1 aromatic heterocycles. The zero-order valence-electron chi connectivity index (χ0n) is 13.2. The number of aromatic nitrogens is 1. The molecule has 0 radical (unpaired) electrons. The highest BCUT2D eigenvalue weighted by molar-refractivity contribution is 5.75. The number of nitrogens with one attached hydrogen (secondary N) is 1. The van der Waals surface area contributed by atoms with Crippen LogP contribution in [0.5, 0.6) is 17.5 Å². The van der Waals surface area contributed by atoms with E-state index < -0.39 is 29.7 Å². The van der Waals surface area contributed by atoms with Gasteiger partial charge in [-0.05, 0) is 20.8 Å². The minimum absolute atomic E-state index is 0.299. The number of aromatic hydroxyl groups is 2. The molecular weight excluding hydrogens is 294 g/mol.